The molecule has 2 aromatic heterocycles. The summed E-state index contributed by atoms with van der Waals surface area (Å²) in [5.41, 5.74) is 3.47. The highest BCUT2D eigenvalue weighted by molar-refractivity contribution is 5.71. The zero-order chi connectivity index (χ0) is 16.5. The zero-order valence-electron chi connectivity index (χ0n) is 13.6. The lowest BCUT2D eigenvalue weighted by atomic mass is 10.1. The fourth-order valence-electron chi connectivity index (χ4n) is 3.21. The topological polar surface area (TPSA) is 88.8 Å². The molecule has 2 unspecified atom stereocenters. The summed E-state index contributed by atoms with van der Waals surface area (Å²) in [7, 11) is 0. The number of aryl methyl sites for hydroxylation is 1. The predicted molar refractivity (Wildman–Crippen MR) is 91.0 cm³/mol. The highest BCUT2D eigenvalue weighted by Crippen LogP contribution is 2.27. The predicted octanol–water partition coefficient (Wildman–Crippen LogP) is 2.09. The third-order valence-corrected chi connectivity index (χ3v) is 4.60. The Labute approximate surface area is 139 Å². The van der Waals surface area contributed by atoms with Gasteiger partial charge in [-0.25, -0.2) is 4.98 Å². The molecule has 124 valence electrons. The number of benzene rings is 1. The Morgan fingerprint density at radius 1 is 1.25 bits per heavy atom. The van der Waals surface area contributed by atoms with Crippen molar-refractivity contribution >= 4 is 17.1 Å². The van der Waals surface area contributed by atoms with E-state index in [1.54, 1.807) is 10.9 Å². The third kappa shape index (κ3) is 2.82. The summed E-state index contributed by atoms with van der Waals surface area (Å²) in [6.45, 7) is 2.30. The van der Waals surface area contributed by atoms with Gasteiger partial charge in [0, 0.05) is 12.6 Å². The lowest BCUT2D eigenvalue weighted by molar-refractivity contribution is 0.229. The van der Waals surface area contributed by atoms with Crippen molar-refractivity contribution in [2.75, 3.05) is 11.9 Å². The molecule has 1 aromatic carbocycles. The molecule has 0 bridgehead atoms. The molecule has 4 rings (SSSR count). The van der Waals surface area contributed by atoms with Crippen molar-refractivity contribution in [3.63, 3.8) is 0 Å². The second kappa shape index (κ2) is 6.16. The number of fused-ring (bicyclic) bond motifs is 1. The van der Waals surface area contributed by atoms with Crippen LogP contribution in [0, 0.1) is 12.8 Å². The van der Waals surface area contributed by atoms with Gasteiger partial charge in [-0.2, -0.15) is 9.67 Å². The first-order valence-electron chi connectivity index (χ1n) is 8.26. The van der Waals surface area contributed by atoms with Crippen LogP contribution >= 0.6 is 0 Å². The van der Waals surface area contributed by atoms with Crippen molar-refractivity contribution in [1.29, 1.82) is 0 Å². The van der Waals surface area contributed by atoms with Crippen LogP contribution < -0.4 is 5.32 Å². The molecule has 1 aliphatic carbocycles. The number of hydrogen-bond acceptors (Lipinski definition) is 6. The standard InChI is InChI=1S/C17H20N6O/c1-11-2-6-14(7-3-11)23-16-15(21-22-23)9-18-17(20-16)19-13-5-4-12(8-13)10-24/h2-3,6-7,9,12-13,24H,4-5,8,10H2,1H3,(H,18,19,20). The Hall–Kier alpha value is -2.54. The molecule has 7 heteroatoms. The van der Waals surface area contributed by atoms with Crippen LogP contribution in [0.3, 0.4) is 0 Å². The maximum Gasteiger partial charge on any atom is 0.225 e. The van der Waals surface area contributed by atoms with Crippen LogP contribution in [0.1, 0.15) is 24.8 Å². The van der Waals surface area contributed by atoms with E-state index >= 15 is 0 Å². The van der Waals surface area contributed by atoms with Gasteiger partial charge in [0.2, 0.25) is 5.95 Å². The molecule has 3 aromatic rings. The fraction of sp³-hybridized carbons (Fsp3) is 0.412. The smallest absolute Gasteiger partial charge is 0.225 e. The molecule has 0 radical (unpaired) electrons. The maximum atomic E-state index is 9.27. The molecule has 7 nitrogen and oxygen atoms in total. The van der Waals surface area contributed by atoms with Crippen LogP contribution in [-0.2, 0) is 0 Å². The molecule has 24 heavy (non-hydrogen) atoms. The van der Waals surface area contributed by atoms with Gasteiger partial charge in [-0.15, -0.1) is 5.10 Å². The van der Waals surface area contributed by atoms with Gasteiger partial charge in [-0.1, -0.05) is 22.9 Å². The van der Waals surface area contributed by atoms with Gasteiger partial charge in [-0.3, -0.25) is 0 Å². The van der Waals surface area contributed by atoms with E-state index in [2.05, 4.69) is 32.5 Å². The molecular weight excluding hydrogens is 304 g/mol. The minimum absolute atomic E-state index is 0.252. The number of aliphatic hydroxyl groups is 1. The van der Waals surface area contributed by atoms with Crippen molar-refractivity contribution < 1.29 is 5.11 Å². The number of nitrogens with zero attached hydrogens (tertiary/aromatic N) is 5. The van der Waals surface area contributed by atoms with E-state index in [4.69, 9.17) is 0 Å². The molecule has 0 amide bonds. The molecule has 2 heterocycles. The normalized spacial score (nSPS) is 20.6. The van der Waals surface area contributed by atoms with Crippen molar-refractivity contribution in [3.8, 4) is 5.69 Å². The van der Waals surface area contributed by atoms with Crippen molar-refractivity contribution in [2.45, 2.75) is 32.2 Å². The molecule has 0 spiro atoms. The van der Waals surface area contributed by atoms with E-state index in [0.29, 0.717) is 29.1 Å². The summed E-state index contributed by atoms with van der Waals surface area (Å²) in [5, 5.41) is 21.0. The largest absolute Gasteiger partial charge is 0.396 e. The highest BCUT2D eigenvalue weighted by atomic mass is 16.3. The Kier molecular flexibility index (Phi) is 3.86. The molecule has 0 saturated heterocycles. The lowest BCUT2D eigenvalue weighted by Crippen LogP contribution is -2.18. The second-order valence-electron chi connectivity index (χ2n) is 6.44. The molecular formula is C17H20N6O. The van der Waals surface area contributed by atoms with Gasteiger partial charge in [0.1, 0.15) is 0 Å². The van der Waals surface area contributed by atoms with Crippen molar-refractivity contribution in [3.05, 3.63) is 36.0 Å². The summed E-state index contributed by atoms with van der Waals surface area (Å²) in [6.07, 6.45) is 4.72. The van der Waals surface area contributed by atoms with Crippen molar-refractivity contribution in [1.82, 2.24) is 25.0 Å². The molecule has 0 aliphatic heterocycles. The Morgan fingerprint density at radius 3 is 2.83 bits per heavy atom. The van der Waals surface area contributed by atoms with Gasteiger partial charge < -0.3 is 10.4 Å². The van der Waals surface area contributed by atoms with Gasteiger partial charge in [0.25, 0.3) is 0 Å². The van der Waals surface area contributed by atoms with Crippen LogP contribution in [0.2, 0.25) is 0 Å². The molecule has 1 fully saturated rings. The van der Waals surface area contributed by atoms with E-state index in [1.165, 1.54) is 5.56 Å². The quantitative estimate of drug-likeness (QED) is 0.764. The van der Waals surface area contributed by atoms with Crippen LogP contribution in [0.5, 0.6) is 0 Å². The lowest BCUT2D eigenvalue weighted by Gasteiger charge is -2.12. The first-order chi connectivity index (χ1) is 11.7. The number of aliphatic hydroxyl groups excluding tert-OH is 1. The number of aromatic nitrogens is 5. The summed E-state index contributed by atoms with van der Waals surface area (Å²) in [6, 6.07) is 8.39. The summed E-state index contributed by atoms with van der Waals surface area (Å²) < 4.78 is 1.73. The van der Waals surface area contributed by atoms with E-state index in [0.717, 1.165) is 24.9 Å². The minimum atomic E-state index is 0.252. The van der Waals surface area contributed by atoms with Crippen molar-refractivity contribution in [2.24, 2.45) is 5.92 Å². The number of nitrogens with one attached hydrogen (secondary N) is 1. The molecule has 2 atom stereocenters. The van der Waals surface area contributed by atoms with Crippen LogP contribution in [-0.4, -0.2) is 42.7 Å². The van der Waals surface area contributed by atoms with Gasteiger partial charge >= 0.3 is 0 Å². The number of hydrogen-bond donors (Lipinski definition) is 2. The monoisotopic (exact) mass is 324 g/mol. The van der Waals surface area contributed by atoms with Crippen LogP contribution in [0.4, 0.5) is 5.95 Å². The second-order valence-corrected chi connectivity index (χ2v) is 6.44. The Balaban J connectivity index is 1.62. The van der Waals surface area contributed by atoms with Gasteiger partial charge in [-0.05, 0) is 44.2 Å². The van der Waals surface area contributed by atoms with Crippen LogP contribution in [0.15, 0.2) is 30.5 Å². The first-order valence-corrected chi connectivity index (χ1v) is 8.26. The van der Waals surface area contributed by atoms with E-state index in [-0.39, 0.29) is 6.61 Å². The van der Waals surface area contributed by atoms with E-state index < -0.39 is 0 Å². The van der Waals surface area contributed by atoms with Gasteiger partial charge in [0.15, 0.2) is 11.2 Å². The number of rotatable bonds is 4. The molecule has 2 N–H and O–H groups in total. The SMILES string of the molecule is Cc1ccc(-n2nnc3cnc(NC4CCC(CO)C4)nc32)cc1. The summed E-state index contributed by atoms with van der Waals surface area (Å²) in [4.78, 5) is 8.94. The number of anilines is 1. The molecule has 1 aliphatic rings. The maximum absolute atomic E-state index is 9.27. The zero-order valence-corrected chi connectivity index (χ0v) is 13.6. The highest BCUT2D eigenvalue weighted by Gasteiger charge is 2.24. The van der Waals surface area contributed by atoms with E-state index in [9.17, 15) is 5.11 Å². The average Bonchev–Trinajstić information content (AvgIpc) is 3.22. The Morgan fingerprint density at radius 2 is 2.08 bits per heavy atom. The van der Waals surface area contributed by atoms with Crippen LogP contribution in [0.25, 0.3) is 16.9 Å². The minimum Gasteiger partial charge on any atom is -0.396 e. The Bertz CT molecular complexity index is 844. The summed E-state index contributed by atoms with van der Waals surface area (Å²) >= 11 is 0. The molecule has 1 saturated carbocycles. The average molecular weight is 324 g/mol. The fourth-order valence-corrected chi connectivity index (χ4v) is 3.21. The first kappa shape index (κ1) is 15.0. The third-order valence-electron chi connectivity index (χ3n) is 4.60. The van der Waals surface area contributed by atoms with Gasteiger partial charge in [0.05, 0.1) is 11.9 Å². The van der Waals surface area contributed by atoms with E-state index in [1.807, 2.05) is 24.3 Å². The summed E-state index contributed by atoms with van der Waals surface area (Å²) in [5.74, 6) is 0.965.